The molecule has 1 aliphatic rings. The van der Waals surface area contributed by atoms with Crippen LogP contribution in [0.3, 0.4) is 0 Å². The van der Waals surface area contributed by atoms with Crippen molar-refractivity contribution in [1.29, 1.82) is 0 Å². The second kappa shape index (κ2) is 4.75. The molecule has 0 heterocycles. The Hall–Kier alpha value is -0.563. The van der Waals surface area contributed by atoms with E-state index in [1.807, 2.05) is 0 Å². The molecule has 0 fully saturated rings. The molecule has 1 aliphatic carbocycles. The van der Waals surface area contributed by atoms with Gasteiger partial charge in [0.1, 0.15) is 0 Å². The first-order chi connectivity index (χ1) is 7.66. The van der Waals surface area contributed by atoms with Crippen molar-refractivity contribution >= 4 is 8.80 Å². The summed E-state index contributed by atoms with van der Waals surface area (Å²) in [5.41, 5.74) is 4.27. The first kappa shape index (κ1) is 11.9. The van der Waals surface area contributed by atoms with E-state index in [1.54, 1.807) is 11.1 Å². The number of benzene rings is 1. The van der Waals surface area contributed by atoms with Gasteiger partial charge in [0.2, 0.25) is 0 Å². The SMILES string of the molecule is CCCC1c2ccccc2C([SiH](C)C)C1C. The van der Waals surface area contributed by atoms with E-state index in [0.29, 0.717) is 0 Å². The molecule has 0 bridgehead atoms. The Morgan fingerprint density at radius 2 is 1.75 bits per heavy atom. The lowest BCUT2D eigenvalue weighted by molar-refractivity contribution is 0.452. The minimum absolute atomic E-state index is 0.581. The first-order valence-corrected chi connectivity index (χ1v) is 9.73. The lowest BCUT2D eigenvalue weighted by atomic mass is 9.90. The van der Waals surface area contributed by atoms with Crippen LogP contribution >= 0.6 is 0 Å². The number of hydrogen-bond acceptors (Lipinski definition) is 0. The van der Waals surface area contributed by atoms with Crippen LogP contribution in [0, 0.1) is 5.92 Å². The molecule has 1 aromatic carbocycles. The lowest BCUT2D eigenvalue weighted by Crippen LogP contribution is -2.20. The fourth-order valence-corrected chi connectivity index (χ4v) is 6.17. The van der Waals surface area contributed by atoms with E-state index >= 15 is 0 Å². The van der Waals surface area contributed by atoms with Crippen LogP contribution in [-0.4, -0.2) is 8.80 Å². The Labute approximate surface area is 102 Å². The summed E-state index contributed by atoms with van der Waals surface area (Å²) < 4.78 is 0. The van der Waals surface area contributed by atoms with Gasteiger partial charge in [-0.1, -0.05) is 57.6 Å². The minimum atomic E-state index is -0.581. The van der Waals surface area contributed by atoms with Gasteiger partial charge in [-0.15, -0.1) is 0 Å². The van der Waals surface area contributed by atoms with Gasteiger partial charge in [0.25, 0.3) is 0 Å². The van der Waals surface area contributed by atoms with E-state index in [-0.39, 0.29) is 0 Å². The minimum Gasteiger partial charge on any atom is -0.0717 e. The molecular weight excluding hydrogens is 208 g/mol. The molecule has 3 atom stereocenters. The third-order valence-electron chi connectivity index (χ3n) is 4.27. The van der Waals surface area contributed by atoms with Gasteiger partial charge in [-0.3, -0.25) is 0 Å². The van der Waals surface area contributed by atoms with E-state index < -0.39 is 8.80 Å². The van der Waals surface area contributed by atoms with Crippen molar-refractivity contribution in [2.24, 2.45) is 5.92 Å². The van der Waals surface area contributed by atoms with Gasteiger partial charge in [-0.05, 0) is 34.9 Å². The third kappa shape index (κ3) is 1.86. The van der Waals surface area contributed by atoms with E-state index in [9.17, 15) is 0 Å². The highest BCUT2D eigenvalue weighted by Gasteiger charge is 2.38. The summed E-state index contributed by atoms with van der Waals surface area (Å²) in [7, 11) is -0.581. The van der Waals surface area contributed by atoms with E-state index in [1.165, 1.54) is 12.8 Å². The molecule has 0 nitrogen and oxygen atoms in total. The Balaban J connectivity index is 2.40. The van der Waals surface area contributed by atoms with Crippen molar-refractivity contribution in [3.8, 4) is 0 Å². The number of rotatable bonds is 3. The van der Waals surface area contributed by atoms with Crippen LogP contribution in [0.4, 0.5) is 0 Å². The summed E-state index contributed by atoms with van der Waals surface area (Å²) in [6.07, 6.45) is 2.69. The van der Waals surface area contributed by atoms with E-state index in [0.717, 1.165) is 17.4 Å². The standard InChI is InChI=1S/C15H24Si/c1-5-8-12-11(2)15(16(3)4)14-10-7-6-9-13(12)14/h6-7,9-12,15-16H,5,8H2,1-4H3. The molecule has 0 amide bonds. The van der Waals surface area contributed by atoms with Crippen LogP contribution < -0.4 is 0 Å². The molecule has 2 rings (SSSR count). The Morgan fingerprint density at radius 3 is 2.31 bits per heavy atom. The lowest BCUT2D eigenvalue weighted by Gasteiger charge is -2.23. The molecule has 0 spiro atoms. The van der Waals surface area contributed by atoms with Crippen molar-refractivity contribution in [3.63, 3.8) is 0 Å². The second-order valence-electron chi connectivity index (χ2n) is 5.65. The molecule has 0 aliphatic heterocycles. The zero-order valence-electron chi connectivity index (χ0n) is 11.0. The van der Waals surface area contributed by atoms with Crippen molar-refractivity contribution in [2.45, 2.75) is 51.2 Å². The number of fused-ring (bicyclic) bond motifs is 1. The summed E-state index contributed by atoms with van der Waals surface area (Å²) in [6, 6.07) is 9.21. The molecule has 0 saturated carbocycles. The smallest absolute Gasteiger partial charge is 0.0392 e. The molecule has 1 heteroatoms. The zero-order chi connectivity index (χ0) is 11.7. The van der Waals surface area contributed by atoms with Gasteiger partial charge >= 0.3 is 0 Å². The molecule has 0 saturated heterocycles. The molecule has 0 aromatic heterocycles. The molecule has 16 heavy (non-hydrogen) atoms. The highest BCUT2D eigenvalue weighted by Crippen LogP contribution is 2.49. The average Bonchev–Trinajstić information content (AvgIpc) is 2.53. The summed E-state index contributed by atoms with van der Waals surface area (Å²) in [6.45, 7) is 9.81. The molecule has 0 N–H and O–H groups in total. The maximum absolute atomic E-state index is 2.51. The highest BCUT2D eigenvalue weighted by atomic mass is 28.3. The molecule has 1 aromatic rings. The van der Waals surface area contributed by atoms with Crippen molar-refractivity contribution in [1.82, 2.24) is 0 Å². The maximum Gasteiger partial charge on any atom is 0.0392 e. The van der Waals surface area contributed by atoms with Crippen LogP contribution in [0.2, 0.25) is 13.1 Å². The van der Waals surface area contributed by atoms with Gasteiger partial charge in [-0.25, -0.2) is 0 Å². The summed E-state index contributed by atoms with van der Waals surface area (Å²) in [4.78, 5) is 0. The molecule has 88 valence electrons. The normalized spacial score (nSPS) is 28.4. The first-order valence-electron chi connectivity index (χ1n) is 6.75. The Kier molecular flexibility index (Phi) is 3.53. The largest absolute Gasteiger partial charge is 0.0717 e. The van der Waals surface area contributed by atoms with Crippen molar-refractivity contribution in [3.05, 3.63) is 35.4 Å². The molecule has 0 radical (unpaired) electrons. The summed E-state index contributed by atoms with van der Waals surface area (Å²) in [5, 5.41) is 0. The van der Waals surface area contributed by atoms with Crippen LogP contribution in [0.5, 0.6) is 0 Å². The highest BCUT2D eigenvalue weighted by molar-refractivity contribution is 6.57. The van der Waals surface area contributed by atoms with Gasteiger partial charge in [0, 0.05) is 8.80 Å². The Morgan fingerprint density at radius 1 is 1.12 bits per heavy atom. The van der Waals surface area contributed by atoms with Crippen LogP contribution in [-0.2, 0) is 0 Å². The third-order valence-corrected chi connectivity index (χ3v) is 6.68. The average molecular weight is 232 g/mol. The number of hydrogen-bond donors (Lipinski definition) is 0. The Bertz CT molecular complexity index is 356. The predicted octanol–water partition coefficient (Wildman–Crippen LogP) is 4.33. The van der Waals surface area contributed by atoms with Gasteiger partial charge in [0.15, 0.2) is 0 Å². The fraction of sp³-hybridized carbons (Fsp3) is 0.600. The second-order valence-corrected chi connectivity index (χ2v) is 8.86. The van der Waals surface area contributed by atoms with Gasteiger partial charge < -0.3 is 0 Å². The fourth-order valence-electron chi connectivity index (χ4n) is 3.66. The molecular formula is C15H24Si. The quantitative estimate of drug-likeness (QED) is 0.681. The summed E-state index contributed by atoms with van der Waals surface area (Å²) >= 11 is 0. The van der Waals surface area contributed by atoms with Crippen LogP contribution in [0.1, 0.15) is 49.3 Å². The van der Waals surface area contributed by atoms with Crippen LogP contribution in [0.25, 0.3) is 0 Å². The monoisotopic (exact) mass is 232 g/mol. The zero-order valence-corrected chi connectivity index (χ0v) is 12.2. The molecule has 3 unspecified atom stereocenters. The van der Waals surface area contributed by atoms with Gasteiger partial charge in [-0.2, -0.15) is 0 Å². The van der Waals surface area contributed by atoms with E-state index in [2.05, 4.69) is 51.2 Å². The van der Waals surface area contributed by atoms with E-state index in [4.69, 9.17) is 0 Å². The summed E-state index contributed by atoms with van der Waals surface area (Å²) in [5.74, 6) is 1.71. The van der Waals surface area contributed by atoms with Crippen molar-refractivity contribution < 1.29 is 0 Å². The van der Waals surface area contributed by atoms with Crippen molar-refractivity contribution in [2.75, 3.05) is 0 Å². The maximum atomic E-state index is 2.51. The van der Waals surface area contributed by atoms with Crippen LogP contribution in [0.15, 0.2) is 24.3 Å². The topological polar surface area (TPSA) is 0 Å². The van der Waals surface area contributed by atoms with Gasteiger partial charge in [0.05, 0.1) is 0 Å². The predicted molar refractivity (Wildman–Crippen MR) is 74.9 cm³/mol.